The Bertz CT molecular complexity index is 371. The first-order chi connectivity index (χ1) is 6.33. The fourth-order valence-electron chi connectivity index (χ4n) is 0.553. The molecule has 0 fully saturated rings. The summed E-state index contributed by atoms with van der Waals surface area (Å²) in [6.45, 7) is 0. The third-order valence-corrected chi connectivity index (χ3v) is 1.03. The Labute approximate surface area is 80.4 Å². The zero-order valence-electron chi connectivity index (χ0n) is 6.86. The Morgan fingerprint density at radius 3 is 1.71 bits per heavy atom. The lowest BCUT2D eigenvalue weighted by atomic mass is 10.2. The highest BCUT2D eigenvalue weighted by atomic mass is 32.3. The van der Waals surface area contributed by atoms with Crippen LogP contribution in [0.1, 0.15) is 10.4 Å². The maximum atomic E-state index is 10.0. The van der Waals surface area contributed by atoms with Gasteiger partial charge in [-0.05, 0) is 24.3 Å². The van der Waals surface area contributed by atoms with E-state index in [1.807, 2.05) is 0 Å². The molecular formula is C7H8O6S. The van der Waals surface area contributed by atoms with Gasteiger partial charge in [0.25, 0.3) is 0 Å². The van der Waals surface area contributed by atoms with Crippen LogP contribution in [0, 0.1) is 0 Å². The van der Waals surface area contributed by atoms with Gasteiger partial charge < -0.3 is 5.11 Å². The summed E-state index contributed by atoms with van der Waals surface area (Å²) in [7, 11) is -4.67. The van der Waals surface area contributed by atoms with E-state index in [0.717, 1.165) is 6.29 Å². The minimum Gasteiger partial charge on any atom is -0.508 e. The largest absolute Gasteiger partial charge is 0.508 e. The van der Waals surface area contributed by atoms with Crippen LogP contribution in [0.15, 0.2) is 24.3 Å². The summed E-state index contributed by atoms with van der Waals surface area (Å²) in [6.07, 6.45) is 0.736. The number of aldehydes is 1. The van der Waals surface area contributed by atoms with Gasteiger partial charge in [0.2, 0.25) is 0 Å². The lowest BCUT2D eigenvalue weighted by molar-refractivity contribution is 0.112. The van der Waals surface area contributed by atoms with Crippen LogP contribution >= 0.6 is 0 Å². The van der Waals surface area contributed by atoms with Gasteiger partial charge in [-0.25, -0.2) is 0 Å². The predicted octanol–water partition coefficient (Wildman–Crippen LogP) is 0.552. The van der Waals surface area contributed by atoms with Crippen molar-refractivity contribution in [2.75, 3.05) is 0 Å². The van der Waals surface area contributed by atoms with Gasteiger partial charge in [-0.3, -0.25) is 13.9 Å². The van der Waals surface area contributed by atoms with E-state index in [9.17, 15) is 4.79 Å². The number of rotatable bonds is 1. The zero-order valence-corrected chi connectivity index (χ0v) is 7.68. The van der Waals surface area contributed by atoms with Gasteiger partial charge in [-0.2, -0.15) is 8.42 Å². The first-order valence-corrected chi connectivity index (χ1v) is 4.66. The second-order valence-corrected chi connectivity index (χ2v) is 3.05. The molecule has 7 heteroatoms. The number of hydrogen-bond acceptors (Lipinski definition) is 4. The van der Waals surface area contributed by atoms with Crippen molar-refractivity contribution in [3.05, 3.63) is 29.8 Å². The first kappa shape index (κ1) is 12.6. The second-order valence-electron chi connectivity index (χ2n) is 2.16. The number of phenolic OH excluding ortho intramolecular Hbond substituents is 1. The lowest BCUT2D eigenvalue weighted by Crippen LogP contribution is -1.89. The average Bonchev–Trinajstić information content (AvgIpc) is 2.03. The van der Waals surface area contributed by atoms with Crippen molar-refractivity contribution in [3.63, 3.8) is 0 Å². The highest BCUT2D eigenvalue weighted by Gasteiger charge is 1.87. The smallest absolute Gasteiger partial charge is 0.394 e. The van der Waals surface area contributed by atoms with Crippen LogP contribution in [0.4, 0.5) is 0 Å². The van der Waals surface area contributed by atoms with E-state index in [0.29, 0.717) is 5.56 Å². The molecule has 0 aromatic heterocycles. The summed E-state index contributed by atoms with van der Waals surface area (Å²) < 4.78 is 31.6. The molecule has 0 amide bonds. The molecule has 0 unspecified atom stereocenters. The van der Waals surface area contributed by atoms with Crippen molar-refractivity contribution < 1.29 is 27.4 Å². The van der Waals surface area contributed by atoms with Gasteiger partial charge in [-0.15, -0.1) is 0 Å². The predicted molar refractivity (Wildman–Crippen MR) is 47.7 cm³/mol. The molecule has 0 radical (unpaired) electrons. The standard InChI is InChI=1S/C7H6O2.H2O4S/c8-5-6-1-3-7(9)4-2-6;1-5(2,3)4/h1-5,9H;(H2,1,2,3,4). The maximum absolute atomic E-state index is 10.0. The van der Waals surface area contributed by atoms with E-state index in [1.54, 1.807) is 12.1 Å². The number of aromatic hydroxyl groups is 1. The van der Waals surface area contributed by atoms with Gasteiger partial charge >= 0.3 is 10.4 Å². The Morgan fingerprint density at radius 2 is 1.43 bits per heavy atom. The SMILES string of the molecule is O=Cc1ccc(O)cc1.O=S(=O)(O)O. The van der Waals surface area contributed by atoms with Gasteiger partial charge in [-0.1, -0.05) is 0 Å². The van der Waals surface area contributed by atoms with E-state index in [4.69, 9.17) is 22.6 Å². The molecule has 1 aromatic carbocycles. The van der Waals surface area contributed by atoms with Crippen molar-refractivity contribution >= 4 is 16.7 Å². The molecule has 78 valence electrons. The molecule has 0 saturated carbocycles. The lowest BCUT2D eigenvalue weighted by Gasteiger charge is -1.88. The third-order valence-electron chi connectivity index (χ3n) is 1.03. The van der Waals surface area contributed by atoms with Crippen LogP contribution in [0.3, 0.4) is 0 Å². The van der Waals surface area contributed by atoms with Crippen LogP contribution in [0.5, 0.6) is 5.75 Å². The molecule has 0 aliphatic heterocycles. The number of carbonyl (C=O) groups excluding carboxylic acids is 1. The molecule has 0 aliphatic rings. The molecule has 1 rings (SSSR count). The number of benzene rings is 1. The van der Waals surface area contributed by atoms with E-state index >= 15 is 0 Å². The number of hydrogen-bond donors (Lipinski definition) is 3. The summed E-state index contributed by atoms with van der Waals surface area (Å²) >= 11 is 0. The van der Waals surface area contributed by atoms with Gasteiger partial charge in [0, 0.05) is 5.56 Å². The first-order valence-electron chi connectivity index (χ1n) is 3.27. The molecule has 6 nitrogen and oxygen atoms in total. The Balaban J connectivity index is 0.000000292. The molecular weight excluding hydrogens is 212 g/mol. The molecule has 0 aliphatic carbocycles. The Kier molecular flexibility index (Phi) is 4.78. The molecule has 0 spiro atoms. The van der Waals surface area contributed by atoms with Gasteiger partial charge in [0.1, 0.15) is 12.0 Å². The fraction of sp³-hybridized carbons (Fsp3) is 0. The monoisotopic (exact) mass is 220 g/mol. The summed E-state index contributed by atoms with van der Waals surface area (Å²) in [6, 6.07) is 6.07. The molecule has 1 aromatic rings. The zero-order chi connectivity index (χ0) is 11.2. The van der Waals surface area contributed by atoms with Crippen LogP contribution in [0.25, 0.3) is 0 Å². The summed E-state index contributed by atoms with van der Waals surface area (Å²) in [4.78, 5) is 10.0. The van der Waals surface area contributed by atoms with Crippen molar-refractivity contribution in [1.29, 1.82) is 0 Å². The van der Waals surface area contributed by atoms with Crippen LogP contribution in [-0.4, -0.2) is 28.9 Å². The Morgan fingerprint density at radius 1 is 1.07 bits per heavy atom. The van der Waals surface area contributed by atoms with E-state index in [1.165, 1.54) is 12.1 Å². The molecule has 0 heterocycles. The number of carbonyl (C=O) groups is 1. The molecule has 3 N–H and O–H groups in total. The minimum absolute atomic E-state index is 0.181. The van der Waals surface area contributed by atoms with Crippen molar-refractivity contribution in [3.8, 4) is 5.75 Å². The van der Waals surface area contributed by atoms with Crippen molar-refractivity contribution in [1.82, 2.24) is 0 Å². The highest BCUT2D eigenvalue weighted by Crippen LogP contribution is 2.07. The normalized spacial score (nSPS) is 9.86. The Hall–Kier alpha value is -1.44. The summed E-state index contributed by atoms with van der Waals surface area (Å²) in [5.41, 5.74) is 0.577. The van der Waals surface area contributed by atoms with Crippen LogP contribution in [-0.2, 0) is 10.4 Å². The van der Waals surface area contributed by atoms with Gasteiger partial charge in [0.15, 0.2) is 0 Å². The minimum atomic E-state index is -4.67. The van der Waals surface area contributed by atoms with Crippen molar-refractivity contribution in [2.45, 2.75) is 0 Å². The van der Waals surface area contributed by atoms with E-state index in [2.05, 4.69) is 0 Å². The fourth-order valence-corrected chi connectivity index (χ4v) is 0.553. The van der Waals surface area contributed by atoms with Gasteiger partial charge in [0.05, 0.1) is 0 Å². The highest BCUT2D eigenvalue weighted by molar-refractivity contribution is 7.79. The quantitative estimate of drug-likeness (QED) is 0.470. The number of phenols is 1. The summed E-state index contributed by atoms with van der Waals surface area (Å²) in [5, 5.41) is 8.74. The molecule has 0 bridgehead atoms. The van der Waals surface area contributed by atoms with E-state index in [-0.39, 0.29) is 5.75 Å². The second kappa shape index (κ2) is 5.32. The molecule has 14 heavy (non-hydrogen) atoms. The summed E-state index contributed by atoms with van der Waals surface area (Å²) in [5.74, 6) is 0.181. The molecule has 0 atom stereocenters. The van der Waals surface area contributed by atoms with Crippen LogP contribution in [0.2, 0.25) is 0 Å². The third kappa shape index (κ3) is 8.65. The topological polar surface area (TPSA) is 112 Å². The molecule has 0 saturated heterocycles. The van der Waals surface area contributed by atoms with Crippen LogP contribution < -0.4 is 0 Å². The average molecular weight is 220 g/mol. The van der Waals surface area contributed by atoms with Crippen molar-refractivity contribution in [2.24, 2.45) is 0 Å². The maximum Gasteiger partial charge on any atom is 0.394 e. The van der Waals surface area contributed by atoms with E-state index < -0.39 is 10.4 Å².